The Morgan fingerprint density at radius 3 is 2.52 bits per heavy atom. The molecule has 1 heterocycles. The van der Waals surface area contributed by atoms with Crippen molar-refractivity contribution in [2.75, 3.05) is 6.54 Å². The van der Waals surface area contributed by atoms with E-state index in [1.165, 1.54) is 12.1 Å². The van der Waals surface area contributed by atoms with E-state index in [1.807, 2.05) is 18.2 Å². The predicted octanol–water partition coefficient (Wildman–Crippen LogP) is 4.64. The highest BCUT2D eigenvalue weighted by Gasteiger charge is 2.30. The summed E-state index contributed by atoms with van der Waals surface area (Å²) in [7, 11) is 0. The van der Waals surface area contributed by atoms with E-state index in [1.54, 1.807) is 6.07 Å². The van der Waals surface area contributed by atoms with Crippen LogP contribution in [-0.2, 0) is 17.6 Å². The molecule has 0 bridgehead atoms. The standard InChI is InChI=1S/C18H16ClF3N2O/c19-16-4-2-1-3-15(16)17-9-14(25-24-17)11-23-10-12-5-7-13(8-6-12)18(20,21)22/h1-8,14,23H,9-11H2/t14-/m0/s1. The van der Waals surface area contributed by atoms with Gasteiger partial charge in [-0.05, 0) is 23.8 Å². The molecular weight excluding hydrogens is 353 g/mol. The molecule has 2 aromatic carbocycles. The largest absolute Gasteiger partial charge is 0.416 e. The molecule has 0 saturated heterocycles. The first kappa shape index (κ1) is 17.8. The Labute approximate surface area is 148 Å². The van der Waals surface area contributed by atoms with Gasteiger partial charge in [-0.25, -0.2) is 0 Å². The summed E-state index contributed by atoms with van der Waals surface area (Å²) in [4.78, 5) is 5.39. The topological polar surface area (TPSA) is 33.6 Å². The molecule has 1 atom stereocenters. The van der Waals surface area contributed by atoms with Crippen molar-refractivity contribution in [1.29, 1.82) is 0 Å². The molecule has 0 spiro atoms. The molecule has 25 heavy (non-hydrogen) atoms. The fourth-order valence-electron chi connectivity index (χ4n) is 2.58. The Kier molecular flexibility index (Phi) is 5.30. The van der Waals surface area contributed by atoms with Gasteiger partial charge in [0.1, 0.15) is 6.10 Å². The molecule has 0 saturated carbocycles. The zero-order valence-electron chi connectivity index (χ0n) is 13.2. The number of hydrogen-bond acceptors (Lipinski definition) is 3. The van der Waals surface area contributed by atoms with E-state index in [4.69, 9.17) is 16.4 Å². The van der Waals surface area contributed by atoms with Gasteiger partial charge in [-0.1, -0.05) is 47.1 Å². The first-order chi connectivity index (χ1) is 11.9. The zero-order chi connectivity index (χ0) is 17.9. The maximum atomic E-state index is 12.5. The van der Waals surface area contributed by atoms with E-state index in [0.717, 1.165) is 29.0 Å². The Balaban J connectivity index is 1.47. The summed E-state index contributed by atoms with van der Waals surface area (Å²) in [6.07, 6.45) is -3.81. The first-order valence-corrected chi connectivity index (χ1v) is 8.16. The molecule has 132 valence electrons. The van der Waals surface area contributed by atoms with E-state index in [-0.39, 0.29) is 6.10 Å². The maximum absolute atomic E-state index is 12.5. The van der Waals surface area contributed by atoms with Crippen molar-refractivity contribution in [3.05, 3.63) is 70.2 Å². The molecule has 0 aliphatic carbocycles. The summed E-state index contributed by atoms with van der Waals surface area (Å²) >= 11 is 6.15. The molecule has 0 amide bonds. The van der Waals surface area contributed by atoms with Crippen molar-refractivity contribution in [3.63, 3.8) is 0 Å². The summed E-state index contributed by atoms with van der Waals surface area (Å²) in [5.74, 6) is 0. The number of nitrogens with one attached hydrogen (secondary N) is 1. The maximum Gasteiger partial charge on any atom is 0.416 e. The van der Waals surface area contributed by atoms with E-state index in [0.29, 0.717) is 24.5 Å². The molecule has 1 aliphatic heterocycles. The molecule has 0 aromatic heterocycles. The van der Waals surface area contributed by atoms with Gasteiger partial charge in [0.2, 0.25) is 0 Å². The molecular formula is C18H16ClF3N2O. The average Bonchev–Trinajstić information content (AvgIpc) is 3.03. The lowest BCUT2D eigenvalue weighted by atomic mass is 10.0. The average molecular weight is 369 g/mol. The lowest BCUT2D eigenvalue weighted by Gasteiger charge is -2.11. The van der Waals surface area contributed by atoms with Crippen LogP contribution < -0.4 is 5.32 Å². The molecule has 1 N–H and O–H groups in total. The van der Waals surface area contributed by atoms with Gasteiger partial charge in [-0.3, -0.25) is 0 Å². The number of halogens is 4. The van der Waals surface area contributed by atoms with Crippen LogP contribution in [0.15, 0.2) is 53.7 Å². The van der Waals surface area contributed by atoms with Crippen LogP contribution in [0.1, 0.15) is 23.1 Å². The Morgan fingerprint density at radius 2 is 1.84 bits per heavy atom. The molecule has 3 nitrogen and oxygen atoms in total. The van der Waals surface area contributed by atoms with Crippen LogP contribution in [0, 0.1) is 0 Å². The Bertz CT molecular complexity index is 760. The zero-order valence-corrected chi connectivity index (χ0v) is 13.9. The van der Waals surface area contributed by atoms with Crippen molar-refractivity contribution >= 4 is 17.3 Å². The SMILES string of the molecule is FC(F)(F)c1ccc(CNC[C@@H]2CC(c3ccccc3Cl)=NO2)cc1. The third-order valence-corrected chi connectivity index (χ3v) is 4.23. The van der Waals surface area contributed by atoms with Crippen molar-refractivity contribution in [2.45, 2.75) is 25.2 Å². The monoisotopic (exact) mass is 368 g/mol. The third-order valence-electron chi connectivity index (χ3n) is 3.90. The molecule has 1 aliphatic rings. The summed E-state index contributed by atoms with van der Waals surface area (Å²) in [5.41, 5.74) is 1.78. The minimum atomic E-state index is -4.31. The lowest BCUT2D eigenvalue weighted by Crippen LogP contribution is -2.26. The van der Waals surface area contributed by atoms with E-state index in [9.17, 15) is 13.2 Å². The van der Waals surface area contributed by atoms with Gasteiger partial charge in [-0.2, -0.15) is 13.2 Å². The molecule has 0 unspecified atom stereocenters. The highest BCUT2D eigenvalue weighted by molar-refractivity contribution is 6.34. The van der Waals surface area contributed by atoms with Gasteiger partial charge in [0.25, 0.3) is 0 Å². The highest BCUT2D eigenvalue weighted by Crippen LogP contribution is 2.29. The fraction of sp³-hybridized carbons (Fsp3) is 0.278. The van der Waals surface area contributed by atoms with Crippen LogP contribution >= 0.6 is 11.6 Å². The summed E-state index contributed by atoms with van der Waals surface area (Å²) < 4.78 is 37.6. The first-order valence-electron chi connectivity index (χ1n) is 7.78. The number of rotatable bonds is 5. The second-order valence-electron chi connectivity index (χ2n) is 5.77. The predicted molar refractivity (Wildman–Crippen MR) is 90.6 cm³/mol. The second-order valence-corrected chi connectivity index (χ2v) is 6.18. The van der Waals surface area contributed by atoms with Crippen molar-refractivity contribution in [1.82, 2.24) is 5.32 Å². The van der Waals surface area contributed by atoms with Crippen LogP contribution in [-0.4, -0.2) is 18.4 Å². The van der Waals surface area contributed by atoms with Crippen LogP contribution in [0.2, 0.25) is 5.02 Å². The van der Waals surface area contributed by atoms with Gasteiger partial charge in [-0.15, -0.1) is 0 Å². The number of oxime groups is 1. The van der Waals surface area contributed by atoms with Crippen LogP contribution in [0.25, 0.3) is 0 Å². The minimum Gasteiger partial charge on any atom is -0.390 e. The van der Waals surface area contributed by atoms with Gasteiger partial charge in [0.15, 0.2) is 0 Å². The Hall–Kier alpha value is -2.05. The van der Waals surface area contributed by atoms with Gasteiger partial charge in [0, 0.05) is 30.1 Å². The van der Waals surface area contributed by atoms with Crippen molar-refractivity contribution < 1.29 is 18.0 Å². The van der Waals surface area contributed by atoms with Crippen LogP contribution in [0.5, 0.6) is 0 Å². The van der Waals surface area contributed by atoms with Gasteiger partial charge < -0.3 is 10.2 Å². The summed E-state index contributed by atoms with van der Waals surface area (Å²) in [6, 6.07) is 12.5. The highest BCUT2D eigenvalue weighted by atomic mass is 35.5. The van der Waals surface area contributed by atoms with E-state index >= 15 is 0 Å². The van der Waals surface area contributed by atoms with Gasteiger partial charge >= 0.3 is 6.18 Å². The van der Waals surface area contributed by atoms with Crippen molar-refractivity contribution in [2.24, 2.45) is 5.16 Å². The van der Waals surface area contributed by atoms with Crippen LogP contribution in [0.4, 0.5) is 13.2 Å². The fourth-order valence-corrected chi connectivity index (χ4v) is 2.83. The number of alkyl halides is 3. The lowest BCUT2D eigenvalue weighted by molar-refractivity contribution is -0.137. The molecule has 0 fully saturated rings. The van der Waals surface area contributed by atoms with E-state index < -0.39 is 11.7 Å². The molecule has 7 heteroatoms. The molecule has 0 radical (unpaired) electrons. The molecule has 3 rings (SSSR count). The molecule has 2 aromatic rings. The van der Waals surface area contributed by atoms with E-state index in [2.05, 4.69) is 10.5 Å². The quantitative estimate of drug-likeness (QED) is 0.834. The van der Waals surface area contributed by atoms with Crippen LogP contribution in [0.3, 0.4) is 0 Å². The number of benzene rings is 2. The minimum absolute atomic E-state index is 0.124. The number of hydrogen-bond donors (Lipinski definition) is 1. The summed E-state index contributed by atoms with van der Waals surface area (Å²) in [5, 5.41) is 7.88. The normalized spacial score (nSPS) is 17.3. The third kappa shape index (κ3) is 4.52. The second kappa shape index (κ2) is 7.45. The Morgan fingerprint density at radius 1 is 1.12 bits per heavy atom. The number of nitrogens with zero attached hydrogens (tertiary/aromatic N) is 1. The van der Waals surface area contributed by atoms with Crippen molar-refractivity contribution in [3.8, 4) is 0 Å². The van der Waals surface area contributed by atoms with Gasteiger partial charge in [0.05, 0.1) is 11.3 Å². The summed E-state index contributed by atoms with van der Waals surface area (Å²) in [6.45, 7) is 0.998. The smallest absolute Gasteiger partial charge is 0.390 e.